The monoisotopic (exact) mass is 233 g/mol. The molecule has 0 aliphatic carbocycles. The second-order valence-corrected chi connectivity index (χ2v) is 4.92. The maximum absolute atomic E-state index is 5.84. The molecule has 0 radical (unpaired) electrons. The third-order valence-corrected chi connectivity index (χ3v) is 3.57. The van der Waals surface area contributed by atoms with Gasteiger partial charge < -0.3 is 10.1 Å². The van der Waals surface area contributed by atoms with E-state index < -0.39 is 0 Å². The minimum absolute atomic E-state index is 0.459. The van der Waals surface area contributed by atoms with E-state index in [9.17, 15) is 0 Å². The fraction of sp³-hybridized carbons (Fsp3) is 0.615. The van der Waals surface area contributed by atoms with Gasteiger partial charge in [-0.05, 0) is 25.0 Å². The van der Waals surface area contributed by atoms with Gasteiger partial charge in [-0.15, -0.1) is 0 Å². The summed E-state index contributed by atoms with van der Waals surface area (Å²) in [6, 6.07) is 6.15. The van der Waals surface area contributed by atoms with Crippen molar-refractivity contribution in [3.8, 4) is 0 Å². The molecule has 3 rings (SSSR count). The molecule has 1 aromatic heterocycles. The van der Waals surface area contributed by atoms with E-state index in [0.29, 0.717) is 12.2 Å². The molecule has 0 saturated carbocycles. The Bertz CT molecular complexity index is 384. The highest BCUT2D eigenvalue weighted by molar-refractivity contribution is 5.34. The van der Waals surface area contributed by atoms with Crippen molar-refractivity contribution >= 4 is 5.82 Å². The van der Waals surface area contributed by atoms with Crippen LogP contribution in [-0.4, -0.2) is 42.2 Å². The predicted octanol–water partition coefficient (Wildman–Crippen LogP) is 1.49. The number of pyridine rings is 1. The van der Waals surface area contributed by atoms with E-state index in [1.54, 1.807) is 0 Å². The number of hydrogen-bond acceptors (Lipinski definition) is 4. The zero-order valence-corrected chi connectivity index (χ0v) is 10.2. The van der Waals surface area contributed by atoms with Crippen LogP contribution in [0.5, 0.6) is 0 Å². The molecule has 4 nitrogen and oxygen atoms in total. The van der Waals surface area contributed by atoms with E-state index >= 15 is 0 Å². The molecule has 2 fully saturated rings. The van der Waals surface area contributed by atoms with Crippen molar-refractivity contribution in [2.45, 2.75) is 31.6 Å². The molecule has 92 valence electrons. The number of likely N-dealkylation sites (tertiary alicyclic amines) is 1. The summed E-state index contributed by atoms with van der Waals surface area (Å²) in [5.74, 6) is 0.943. The Morgan fingerprint density at radius 3 is 2.82 bits per heavy atom. The van der Waals surface area contributed by atoms with Crippen molar-refractivity contribution in [3.63, 3.8) is 0 Å². The van der Waals surface area contributed by atoms with Crippen LogP contribution in [0.1, 0.15) is 18.5 Å². The minimum Gasteiger partial charge on any atom is -0.373 e. The second kappa shape index (κ2) is 4.63. The van der Waals surface area contributed by atoms with Crippen LogP contribution in [0.25, 0.3) is 0 Å². The van der Waals surface area contributed by atoms with Crippen LogP contribution in [0.2, 0.25) is 0 Å². The Labute approximate surface area is 102 Å². The van der Waals surface area contributed by atoms with Crippen molar-refractivity contribution in [2.24, 2.45) is 0 Å². The summed E-state index contributed by atoms with van der Waals surface area (Å²) in [7, 11) is 1.90. The van der Waals surface area contributed by atoms with E-state index in [1.165, 1.54) is 12.8 Å². The summed E-state index contributed by atoms with van der Waals surface area (Å²) in [5, 5.41) is 3.08. The van der Waals surface area contributed by atoms with Crippen LogP contribution in [0.3, 0.4) is 0 Å². The molecule has 4 heteroatoms. The first-order valence-electron chi connectivity index (χ1n) is 6.35. The molecule has 1 N–H and O–H groups in total. The van der Waals surface area contributed by atoms with E-state index in [4.69, 9.17) is 4.74 Å². The fourth-order valence-electron chi connectivity index (χ4n) is 2.76. The van der Waals surface area contributed by atoms with Crippen molar-refractivity contribution in [3.05, 3.63) is 23.9 Å². The van der Waals surface area contributed by atoms with Crippen LogP contribution >= 0.6 is 0 Å². The molecular weight excluding hydrogens is 214 g/mol. The molecule has 2 aliphatic rings. The Morgan fingerprint density at radius 1 is 1.35 bits per heavy atom. The van der Waals surface area contributed by atoms with Crippen molar-refractivity contribution in [1.29, 1.82) is 0 Å². The Balaban J connectivity index is 1.66. The zero-order valence-electron chi connectivity index (χ0n) is 10.2. The van der Waals surface area contributed by atoms with Crippen molar-refractivity contribution in [2.75, 3.05) is 25.5 Å². The number of hydrogen-bond donors (Lipinski definition) is 1. The number of aromatic nitrogens is 1. The summed E-state index contributed by atoms with van der Waals surface area (Å²) < 4.78 is 5.84. The molecule has 2 bridgehead atoms. The molecule has 17 heavy (non-hydrogen) atoms. The molecule has 0 spiro atoms. The Kier molecular flexibility index (Phi) is 2.99. The Morgan fingerprint density at radius 2 is 2.12 bits per heavy atom. The van der Waals surface area contributed by atoms with Crippen molar-refractivity contribution in [1.82, 2.24) is 9.88 Å². The third kappa shape index (κ3) is 2.42. The lowest BCUT2D eigenvalue weighted by Gasteiger charge is -2.31. The highest BCUT2D eigenvalue weighted by Gasteiger charge is 2.33. The summed E-state index contributed by atoms with van der Waals surface area (Å²) in [5.41, 5.74) is 1.14. The maximum atomic E-state index is 5.84. The largest absolute Gasteiger partial charge is 0.373 e. The average molecular weight is 233 g/mol. The first kappa shape index (κ1) is 11.0. The van der Waals surface area contributed by atoms with Crippen molar-refractivity contribution < 1.29 is 4.74 Å². The molecule has 3 heterocycles. The molecule has 2 atom stereocenters. The van der Waals surface area contributed by atoms with E-state index in [-0.39, 0.29) is 0 Å². The van der Waals surface area contributed by atoms with Gasteiger partial charge in [0.25, 0.3) is 0 Å². The number of ether oxygens (including phenoxy) is 1. The van der Waals surface area contributed by atoms with Gasteiger partial charge in [0.15, 0.2) is 0 Å². The maximum Gasteiger partial charge on any atom is 0.126 e. The third-order valence-electron chi connectivity index (χ3n) is 3.57. The molecule has 2 unspecified atom stereocenters. The van der Waals surface area contributed by atoms with Crippen LogP contribution in [0.4, 0.5) is 5.82 Å². The Hall–Kier alpha value is -1.13. The van der Waals surface area contributed by atoms with E-state index in [1.807, 2.05) is 13.1 Å². The van der Waals surface area contributed by atoms with Crippen LogP contribution in [0.15, 0.2) is 18.2 Å². The molecular formula is C13H19N3O. The quantitative estimate of drug-likeness (QED) is 0.858. The van der Waals surface area contributed by atoms with Gasteiger partial charge in [-0.2, -0.15) is 0 Å². The summed E-state index contributed by atoms with van der Waals surface area (Å²) in [6.07, 6.45) is 3.37. The smallest absolute Gasteiger partial charge is 0.126 e. The predicted molar refractivity (Wildman–Crippen MR) is 67.0 cm³/mol. The van der Waals surface area contributed by atoms with Crippen LogP contribution in [-0.2, 0) is 11.3 Å². The average Bonchev–Trinajstić information content (AvgIpc) is 2.69. The van der Waals surface area contributed by atoms with Crippen LogP contribution < -0.4 is 5.32 Å². The highest BCUT2D eigenvalue weighted by atomic mass is 16.5. The van der Waals surface area contributed by atoms with Gasteiger partial charge in [0, 0.05) is 26.7 Å². The number of fused-ring (bicyclic) bond motifs is 2. The standard InChI is InChI=1S/C13H19N3O/c1-14-13-4-2-3-10(15-13)7-16-8-11-5-6-12(9-16)17-11/h2-4,11-12H,5-9H2,1H3,(H,14,15). The van der Waals surface area contributed by atoms with Gasteiger partial charge in [0.2, 0.25) is 0 Å². The fourth-order valence-corrected chi connectivity index (χ4v) is 2.76. The number of rotatable bonds is 3. The number of nitrogens with one attached hydrogen (secondary N) is 1. The number of anilines is 1. The number of nitrogens with zero attached hydrogens (tertiary/aromatic N) is 2. The van der Waals surface area contributed by atoms with Gasteiger partial charge in [-0.1, -0.05) is 6.07 Å². The highest BCUT2D eigenvalue weighted by Crippen LogP contribution is 2.26. The second-order valence-electron chi connectivity index (χ2n) is 4.92. The summed E-state index contributed by atoms with van der Waals surface area (Å²) in [6.45, 7) is 3.05. The topological polar surface area (TPSA) is 37.4 Å². The SMILES string of the molecule is CNc1cccc(CN2CC3CCC(C2)O3)n1. The molecule has 0 aromatic carbocycles. The lowest BCUT2D eigenvalue weighted by atomic mass is 10.2. The van der Waals surface area contributed by atoms with Gasteiger partial charge >= 0.3 is 0 Å². The van der Waals surface area contributed by atoms with E-state index in [2.05, 4.69) is 27.3 Å². The summed E-state index contributed by atoms with van der Waals surface area (Å²) >= 11 is 0. The van der Waals surface area contributed by atoms with Gasteiger partial charge in [-0.3, -0.25) is 4.90 Å². The first-order chi connectivity index (χ1) is 8.33. The normalized spacial score (nSPS) is 28.3. The number of morpholine rings is 1. The van der Waals surface area contributed by atoms with Gasteiger partial charge in [0.05, 0.1) is 17.9 Å². The molecule has 2 aliphatic heterocycles. The lowest BCUT2D eigenvalue weighted by Crippen LogP contribution is -2.42. The minimum atomic E-state index is 0.459. The first-order valence-corrected chi connectivity index (χ1v) is 6.35. The van der Waals surface area contributed by atoms with Gasteiger partial charge in [-0.25, -0.2) is 4.98 Å². The lowest BCUT2D eigenvalue weighted by molar-refractivity contribution is -0.0413. The molecule has 0 amide bonds. The summed E-state index contributed by atoms with van der Waals surface area (Å²) in [4.78, 5) is 7.03. The van der Waals surface area contributed by atoms with E-state index in [0.717, 1.165) is 31.1 Å². The van der Waals surface area contributed by atoms with Crippen LogP contribution in [0, 0.1) is 0 Å². The van der Waals surface area contributed by atoms with Gasteiger partial charge in [0.1, 0.15) is 5.82 Å². The molecule has 1 aromatic rings. The zero-order chi connectivity index (χ0) is 11.7. The molecule has 2 saturated heterocycles.